The number of hydrogen-bond donors (Lipinski definition) is 0. The molecule has 0 fully saturated rings. The Labute approximate surface area is 100 Å². The lowest BCUT2D eigenvalue weighted by atomic mass is 10.2. The number of carbonyl (C=O) groups excluding carboxylic acids is 1. The van der Waals surface area contributed by atoms with Crippen molar-refractivity contribution in [3.63, 3.8) is 0 Å². The summed E-state index contributed by atoms with van der Waals surface area (Å²) in [4.78, 5) is 19.8. The van der Waals surface area contributed by atoms with Gasteiger partial charge in [-0.3, -0.25) is 14.8 Å². The molecule has 0 saturated carbocycles. The molecule has 0 bridgehead atoms. The third-order valence-electron chi connectivity index (χ3n) is 2.44. The smallest absolute Gasteiger partial charge is 0.135 e. The molecule has 3 nitrogen and oxygen atoms in total. The molecule has 0 aliphatic rings. The summed E-state index contributed by atoms with van der Waals surface area (Å²) in [7, 11) is 0. The van der Waals surface area contributed by atoms with Crippen molar-refractivity contribution in [2.24, 2.45) is 4.99 Å². The predicted octanol–water partition coefficient (Wildman–Crippen LogP) is 3.31. The van der Waals surface area contributed by atoms with Crippen LogP contribution in [0.25, 0.3) is 10.9 Å². The van der Waals surface area contributed by atoms with E-state index in [1.807, 2.05) is 37.3 Å². The minimum absolute atomic E-state index is 0.129. The Kier molecular flexibility index (Phi) is 3.28. The zero-order valence-electron chi connectivity index (χ0n) is 9.97. The first-order valence-corrected chi connectivity index (χ1v) is 5.54. The topological polar surface area (TPSA) is 42.3 Å². The number of benzene rings is 1. The molecule has 0 atom stereocenters. The first kappa shape index (κ1) is 11.5. The number of aromatic nitrogens is 1. The third-order valence-corrected chi connectivity index (χ3v) is 2.44. The Morgan fingerprint density at radius 2 is 2.00 bits per heavy atom. The average molecular weight is 226 g/mol. The highest BCUT2D eigenvalue weighted by Gasteiger charge is 2.01. The Balaban J connectivity index is 2.45. The molecule has 0 spiro atoms. The van der Waals surface area contributed by atoms with Crippen LogP contribution in [0.3, 0.4) is 0 Å². The Bertz CT molecular complexity index is 582. The van der Waals surface area contributed by atoms with Crippen molar-refractivity contribution in [2.75, 3.05) is 0 Å². The quantitative estimate of drug-likeness (QED) is 0.753. The molecule has 1 aromatic heterocycles. The number of para-hydroxylation sites is 1. The minimum atomic E-state index is 0.129. The highest BCUT2D eigenvalue weighted by Crippen LogP contribution is 2.24. The van der Waals surface area contributed by atoms with E-state index < -0.39 is 0 Å². The summed E-state index contributed by atoms with van der Waals surface area (Å²) in [5, 5.41) is 1.01. The standard InChI is InChI=1S/C14H14N2O/c1-10(9-11(2)17)16-14-7-8-15-13-6-4-3-5-12(13)14/h3-8H,9H2,1-2H3/b16-10+. The molecule has 0 unspecified atom stereocenters. The van der Waals surface area contributed by atoms with Gasteiger partial charge in [-0.25, -0.2) is 0 Å². The van der Waals surface area contributed by atoms with Crippen molar-refractivity contribution in [1.82, 2.24) is 4.98 Å². The Morgan fingerprint density at radius 3 is 2.76 bits per heavy atom. The van der Waals surface area contributed by atoms with Gasteiger partial charge in [0, 0.05) is 23.7 Å². The van der Waals surface area contributed by atoms with Crippen molar-refractivity contribution in [1.29, 1.82) is 0 Å². The number of ketones is 1. The van der Waals surface area contributed by atoms with Gasteiger partial charge < -0.3 is 0 Å². The largest absolute Gasteiger partial charge is 0.300 e. The lowest BCUT2D eigenvalue weighted by Crippen LogP contribution is -1.99. The van der Waals surface area contributed by atoms with Gasteiger partial charge in [0.05, 0.1) is 11.2 Å². The fraction of sp³-hybridized carbons (Fsp3) is 0.214. The number of Topliss-reactive ketones (excluding diaryl/α,β-unsaturated/α-hetero) is 1. The van der Waals surface area contributed by atoms with Crippen LogP contribution in [0.1, 0.15) is 20.3 Å². The minimum Gasteiger partial charge on any atom is -0.300 e. The fourth-order valence-electron chi connectivity index (χ4n) is 1.78. The van der Waals surface area contributed by atoms with Crippen LogP contribution in [-0.4, -0.2) is 16.5 Å². The van der Waals surface area contributed by atoms with E-state index in [2.05, 4.69) is 9.98 Å². The van der Waals surface area contributed by atoms with E-state index in [-0.39, 0.29) is 5.78 Å². The summed E-state index contributed by atoms with van der Waals surface area (Å²) in [5.41, 5.74) is 2.62. The van der Waals surface area contributed by atoms with Crippen LogP contribution in [0.4, 0.5) is 5.69 Å². The molecule has 0 N–H and O–H groups in total. The maximum Gasteiger partial charge on any atom is 0.135 e. The van der Waals surface area contributed by atoms with Crippen molar-refractivity contribution >= 4 is 28.1 Å². The van der Waals surface area contributed by atoms with Crippen LogP contribution in [0.15, 0.2) is 41.5 Å². The molecule has 1 heterocycles. The molecule has 3 heteroatoms. The van der Waals surface area contributed by atoms with Crippen molar-refractivity contribution in [3.8, 4) is 0 Å². The van der Waals surface area contributed by atoms with E-state index in [1.165, 1.54) is 0 Å². The van der Waals surface area contributed by atoms with E-state index in [1.54, 1.807) is 13.1 Å². The van der Waals surface area contributed by atoms with Crippen LogP contribution in [-0.2, 0) is 4.79 Å². The van der Waals surface area contributed by atoms with E-state index in [4.69, 9.17) is 0 Å². The predicted molar refractivity (Wildman–Crippen MR) is 69.8 cm³/mol. The molecule has 0 aliphatic carbocycles. The van der Waals surface area contributed by atoms with Gasteiger partial charge in [-0.2, -0.15) is 0 Å². The first-order valence-electron chi connectivity index (χ1n) is 5.54. The van der Waals surface area contributed by atoms with Crippen LogP contribution in [0.2, 0.25) is 0 Å². The lowest BCUT2D eigenvalue weighted by Gasteiger charge is -2.02. The number of carbonyl (C=O) groups is 1. The normalized spacial score (nSPS) is 11.8. The van der Waals surface area contributed by atoms with Crippen LogP contribution in [0.5, 0.6) is 0 Å². The second kappa shape index (κ2) is 4.87. The zero-order valence-corrected chi connectivity index (χ0v) is 9.97. The molecule has 0 amide bonds. The summed E-state index contributed by atoms with van der Waals surface area (Å²) < 4.78 is 0. The number of fused-ring (bicyclic) bond motifs is 1. The van der Waals surface area contributed by atoms with Gasteiger partial charge >= 0.3 is 0 Å². The van der Waals surface area contributed by atoms with Crippen LogP contribution >= 0.6 is 0 Å². The van der Waals surface area contributed by atoms with Crippen molar-refractivity contribution in [3.05, 3.63) is 36.5 Å². The molecule has 2 aromatic rings. The summed E-state index contributed by atoms with van der Waals surface area (Å²) in [6, 6.07) is 9.72. The Hall–Kier alpha value is -2.03. The molecular weight excluding hydrogens is 212 g/mol. The second-order valence-corrected chi connectivity index (χ2v) is 4.07. The molecule has 0 saturated heterocycles. The molecule has 1 aromatic carbocycles. The van der Waals surface area contributed by atoms with Crippen molar-refractivity contribution < 1.29 is 4.79 Å². The van der Waals surface area contributed by atoms with E-state index in [9.17, 15) is 4.79 Å². The van der Waals surface area contributed by atoms with Crippen LogP contribution in [0, 0.1) is 0 Å². The number of nitrogens with zero attached hydrogens (tertiary/aromatic N) is 2. The van der Waals surface area contributed by atoms with Crippen molar-refractivity contribution in [2.45, 2.75) is 20.3 Å². The molecule has 17 heavy (non-hydrogen) atoms. The summed E-state index contributed by atoms with van der Waals surface area (Å²) in [5.74, 6) is 0.129. The molecule has 86 valence electrons. The maximum atomic E-state index is 11.0. The van der Waals surface area contributed by atoms with Gasteiger partial charge in [0.25, 0.3) is 0 Å². The maximum absolute atomic E-state index is 11.0. The second-order valence-electron chi connectivity index (χ2n) is 4.07. The van der Waals surface area contributed by atoms with Gasteiger partial charge in [-0.05, 0) is 26.0 Å². The molecule has 2 rings (SSSR count). The SMILES string of the molecule is CC(=O)C/C(C)=N/c1ccnc2ccccc12. The lowest BCUT2D eigenvalue weighted by molar-refractivity contribution is -0.115. The summed E-state index contributed by atoms with van der Waals surface area (Å²) in [6.45, 7) is 3.44. The van der Waals surface area contributed by atoms with E-state index in [0.717, 1.165) is 22.3 Å². The third kappa shape index (κ3) is 2.75. The van der Waals surface area contributed by atoms with Gasteiger partial charge in [0.2, 0.25) is 0 Å². The van der Waals surface area contributed by atoms with Gasteiger partial charge in [0.15, 0.2) is 0 Å². The molecule has 0 radical (unpaired) electrons. The van der Waals surface area contributed by atoms with E-state index in [0.29, 0.717) is 6.42 Å². The van der Waals surface area contributed by atoms with Gasteiger partial charge in [-0.1, -0.05) is 18.2 Å². The fourth-order valence-corrected chi connectivity index (χ4v) is 1.78. The van der Waals surface area contributed by atoms with Crippen LogP contribution < -0.4 is 0 Å². The highest BCUT2D eigenvalue weighted by molar-refractivity contribution is 6.02. The zero-order chi connectivity index (χ0) is 12.3. The molecule has 0 aliphatic heterocycles. The first-order chi connectivity index (χ1) is 8.16. The highest BCUT2D eigenvalue weighted by atomic mass is 16.1. The van der Waals surface area contributed by atoms with E-state index >= 15 is 0 Å². The summed E-state index contributed by atoms with van der Waals surface area (Å²) in [6.07, 6.45) is 2.14. The average Bonchev–Trinajstić information content (AvgIpc) is 2.28. The molecular formula is C14H14N2O. The number of rotatable bonds is 3. The summed E-state index contributed by atoms with van der Waals surface area (Å²) >= 11 is 0. The monoisotopic (exact) mass is 226 g/mol. The Morgan fingerprint density at radius 1 is 1.24 bits per heavy atom. The number of hydrogen-bond acceptors (Lipinski definition) is 3. The van der Waals surface area contributed by atoms with Gasteiger partial charge in [0.1, 0.15) is 5.78 Å². The van der Waals surface area contributed by atoms with Gasteiger partial charge in [-0.15, -0.1) is 0 Å². The number of pyridine rings is 1. The number of aliphatic imine (C=N–C) groups is 1.